The van der Waals surface area contributed by atoms with E-state index in [0.717, 1.165) is 32.1 Å². The third-order valence-corrected chi connectivity index (χ3v) is 7.99. The molecule has 1 amide bonds. The number of ether oxygens (including phenoxy) is 1. The molecule has 1 N–H and O–H groups in total. The van der Waals surface area contributed by atoms with E-state index >= 15 is 0 Å². The van der Waals surface area contributed by atoms with E-state index in [1.165, 1.54) is 6.21 Å². The fourth-order valence-corrected chi connectivity index (χ4v) is 5.65. The maximum Gasteiger partial charge on any atom is 0.264 e. The molecule has 206 valence electrons. The molecule has 0 spiro atoms. The smallest absolute Gasteiger partial charge is 0.264 e. The van der Waals surface area contributed by atoms with Crippen molar-refractivity contribution in [2.45, 2.75) is 32.3 Å². The lowest BCUT2D eigenvalue weighted by atomic mass is 10.1. The Balaban J connectivity index is 1.43. The van der Waals surface area contributed by atoms with Crippen LogP contribution in [0.5, 0.6) is 5.75 Å². The zero-order valence-corrected chi connectivity index (χ0v) is 24.0. The summed E-state index contributed by atoms with van der Waals surface area (Å²) < 4.78 is 34.1. The fourth-order valence-electron chi connectivity index (χ4n) is 4.04. The number of hydrazone groups is 1. The third kappa shape index (κ3) is 7.71. The minimum absolute atomic E-state index is 0.103. The van der Waals surface area contributed by atoms with Gasteiger partial charge in [-0.1, -0.05) is 47.5 Å². The summed E-state index contributed by atoms with van der Waals surface area (Å²) in [5.74, 6) is 0.0964. The summed E-state index contributed by atoms with van der Waals surface area (Å²) in [5, 5.41) is 4.67. The Bertz CT molecular complexity index is 1600. The summed E-state index contributed by atoms with van der Waals surface area (Å²) in [7, 11) is -4.01. The number of hydrogen-bond donors (Lipinski definition) is 1. The highest BCUT2D eigenvalue weighted by Gasteiger charge is 2.27. The van der Waals surface area contributed by atoms with Crippen LogP contribution in [0.2, 0.25) is 5.02 Å². The maximum atomic E-state index is 13.6. The van der Waals surface area contributed by atoms with Gasteiger partial charge in [-0.2, -0.15) is 5.10 Å². The van der Waals surface area contributed by atoms with E-state index in [-0.39, 0.29) is 4.90 Å². The van der Waals surface area contributed by atoms with Gasteiger partial charge in [-0.25, -0.2) is 13.8 Å². The standard InChI is InChI=1S/C31H30ClN3O4S/c1-22-7-13-30(14-8-22)40(37,38)35(28-16-23(2)15-24(3)17-28)20-31(36)34-33-19-25-9-11-29(12-10-25)39-21-26-5-4-6-27(32)18-26/h4-19H,20-21H2,1-3H3,(H,34,36)/b33-19+. The normalized spacial score (nSPS) is 11.4. The molecule has 0 aliphatic heterocycles. The highest BCUT2D eigenvalue weighted by Crippen LogP contribution is 2.26. The summed E-state index contributed by atoms with van der Waals surface area (Å²) in [6.07, 6.45) is 1.48. The number of halogens is 1. The molecule has 0 saturated heterocycles. The maximum absolute atomic E-state index is 13.6. The molecule has 0 aliphatic rings. The first kappa shape index (κ1) is 28.9. The second-order valence-electron chi connectivity index (χ2n) is 9.45. The Kier molecular flexibility index (Phi) is 9.24. The van der Waals surface area contributed by atoms with Crippen LogP contribution in [0.3, 0.4) is 0 Å². The number of benzene rings is 4. The number of carbonyl (C=O) groups is 1. The van der Waals surface area contributed by atoms with Crippen molar-refractivity contribution in [1.82, 2.24) is 5.43 Å². The van der Waals surface area contributed by atoms with Gasteiger partial charge in [0.15, 0.2) is 0 Å². The third-order valence-electron chi connectivity index (χ3n) is 5.97. The second-order valence-corrected chi connectivity index (χ2v) is 11.8. The zero-order valence-electron chi connectivity index (χ0n) is 22.5. The molecule has 4 rings (SSSR count). The average Bonchev–Trinajstić information content (AvgIpc) is 2.91. The molecule has 0 radical (unpaired) electrons. The van der Waals surface area contributed by atoms with Crippen LogP contribution in [0.4, 0.5) is 5.69 Å². The molecule has 0 saturated carbocycles. The lowest BCUT2D eigenvalue weighted by Gasteiger charge is -2.24. The number of aryl methyl sites for hydroxylation is 3. The van der Waals surface area contributed by atoms with Crippen molar-refractivity contribution >= 4 is 39.4 Å². The Morgan fingerprint density at radius 3 is 2.23 bits per heavy atom. The first-order chi connectivity index (χ1) is 19.1. The van der Waals surface area contributed by atoms with Crippen molar-refractivity contribution in [3.05, 3.63) is 124 Å². The molecular weight excluding hydrogens is 546 g/mol. The number of carbonyl (C=O) groups excluding carboxylic acids is 1. The number of sulfonamides is 1. The fraction of sp³-hybridized carbons (Fsp3) is 0.161. The van der Waals surface area contributed by atoms with Gasteiger partial charge < -0.3 is 4.74 Å². The van der Waals surface area contributed by atoms with Crippen molar-refractivity contribution in [3.8, 4) is 5.75 Å². The average molecular weight is 576 g/mol. The summed E-state index contributed by atoms with van der Waals surface area (Å²) in [6, 6.07) is 26.6. The van der Waals surface area contributed by atoms with Crippen LogP contribution in [-0.4, -0.2) is 27.1 Å². The van der Waals surface area contributed by atoms with Crippen LogP contribution in [0.25, 0.3) is 0 Å². The number of anilines is 1. The van der Waals surface area contributed by atoms with E-state index in [4.69, 9.17) is 16.3 Å². The molecule has 40 heavy (non-hydrogen) atoms. The molecule has 9 heteroatoms. The van der Waals surface area contributed by atoms with Gasteiger partial charge in [-0.15, -0.1) is 0 Å². The Morgan fingerprint density at radius 1 is 0.900 bits per heavy atom. The van der Waals surface area contributed by atoms with Crippen LogP contribution >= 0.6 is 11.6 Å². The molecule has 0 atom stereocenters. The molecule has 0 heterocycles. The number of nitrogens with zero attached hydrogens (tertiary/aromatic N) is 2. The molecule has 7 nitrogen and oxygen atoms in total. The Hall–Kier alpha value is -4.14. The van der Waals surface area contributed by atoms with E-state index in [1.807, 2.05) is 51.1 Å². The first-order valence-electron chi connectivity index (χ1n) is 12.6. The van der Waals surface area contributed by atoms with E-state index < -0.39 is 22.5 Å². The zero-order chi connectivity index (χ0) is 28.7. The first-order valence-corrected chi connectivity index (χ1v) is 14.4. The molecule has 0 aromatic heterocycles. The topological polar surface area (TPSA) is 88.1 Å². The van der Waals surface area contributed by atoms with E-state index in [9.17, 15) is 13.2 Å². The quantitative estimate of drug-likeness (QED) is 0.180. The van der Waals surface area contributed by atoms with Crippen LogP contribution < -0.4 is 14.5 Å². The predicted molar refractivity (Wildman–Crippen MR) is 160 cm³/mol. The van der Waals surface area contributed by atoms with Gasteiger partial charge in [0.1, 0.15) is 18.9 Å². The van der Waals surface area contributed by atoms with Crippen molar-refractivity contribution in [2.75, 3.05) is 10.8 Å². The molecule has 4 aromatic rings. The highest BCUT2D eigenvalue weighted by molar-refractivity contribution is 7.92. The van der Waals surface area contributed by atoms with Crippen molar-refractivity contribution < 1.29 is 17.9 Å². The second kappa shape index (κ2) is 12.8. The van der Waals surface area contributed by atoms with Crippen molar-refractivity contribution in [1.29, 1.82) is 0 Å². The summed E-state index contributed by atoms with van der Waals surface area (Å²) in [6.45, 7) is 5.58. The molecular formula is C31H30ClN3O4S. The van der Waals surface area contributed by atoms with Crippen LogP contribution in [0, 0.1) is 20.8 Å². The number of hydrogen-bond acceptors (Lipinski definition) is 5. The molecule has 0 aliphatic carbocycles. The lowest BCUT2D eigenvalue weighted by molar-refractivity contribution is -0.119. The summed E-state index contributed by atoms with van der Waals surface area (Å²) in [5.41, 5.74) is 7.25. The van der Waals surface area contributed by atoms with Gasteiger partial charge in [0.05, 0.1) is 16.8 Å². The van der Waals surface area contributed by atoms with Gasteiger partial charge in [0, 0.05) is 5.02 Å². The van der Waals surface area contributed by atoms with Gasteiger partial charge in [0.25, 0.3) is 15.9 Å². The lowest BCUT2D eigenvalue weighted by Crippen LogP contribution is -2.39. The Labute approximate surface area is 240 Å². The van der Waals surface area contributed by atoms with Gasteiger partial charge in [-0.3, -0.25) is 9.10 Å². The molecule has 0 unspecified atom stereocenters. The highest BCUT2D eigenvalue weighted by atomic mass is 35.5. The van der Waals surface area contributed by atoms with Crippen molar-refractivity contribution in [2.24, 2.45) is 5.10 Å². The number of rotatable bonds is 10. The van der Waals surface area contributed by atoms with Gasteiger partial charge >= 0.3 is 0 Å². The van der Waals surface area contributed by atoms with E-state index in [1.54, 1.807) is 60.7 Å². The van der Waals surface area contributed by atoms with Gasteiger partial charge in [-0.05, 0) is 104 Å². The predicted octanol–water partition coefficient (Wildman–Crippen LogP) is 6.19. The largest absolute Gasteiger partial charge is 0.489 e. The van der Waals surface area contributed by atoms with Crippen LogP contribution in [0.15, 0.2) is 101 Å². The SMILES string of the molecule is Cc1ccc(S(=O)(=O)N(CC(=O)N/N=C/c2ccc(OCc3cccc(Cl)c3)cc2)c2cc(C)cc(C)c2)cc1. The van der Waals surface area contributed by atoms with E-state index in [0.29, 0.717) is 23.1 Å². The van der Waals surface area contributed by atoms with Crippen LogP contribution in [0.1, 0.15) is 27.8 Å². The number of nitrogens with one attached hydrogen (secondary N) is 1. The molecule has 4 aromatic carbocycles. The van der Waals surface area contributed by atoms with Crippen molar-refractivity contribution in [3.63, 3.8) is 0 Å². The van der Waals surface area contributed by atoms with Gasteiger partial charge in [0.2, 0.25) is 0 Å². The monoisotopic (exact) mass is 575 g/mol. The summed E-state index contributed by atoms with van der Waals surface area (Å²) >= 11 is 6.01. The number of amides is 1. The molecule has 0 bridgehead atoms. The minimum atomic E-state index is -4.01. The molecule has 0 fully saturated rings. The Morgan fingerprint density at radius 2 is 1.57 bits per heavy atom. The summed E-state index contributed by atoms with van der Waals surface area (Å²) in [4.78, 5) is 13.0. The van der Waals surface area contributed by atoms with Crippen LogP contribution in [-0.2, 0) is 21.4 Å². The van der Waals surface area contributed by atoms with E-state index in [2.05, 4.69) is 10.5 Å². The minimum Gasteiger partial charge on any atom is -0.489 e.